The lowest BCUT2D eigenvalue weighted by Gasteiger charge is -2.09. The molecule has 8 nitrogen and oxygen atoms in total. The van der Waals surface area contributed by atoms with Crippen molar-refractivity contribution in [1.82, 2.24) is 19.2 Å². The number of thiazole rings is 1. The van der Waals surface area contributed by atoms with Crippen molar-refractivity contribution in [2.75, 3.05) is 0 Å². The van der Waals surface area contributed by atoms with Gasteiger partial charge in [-0.15, -0.1) is 11.3 Å². The van der Waals surface area contributed by atoms with E-state index in [1.807, 2.05) is 0 Å². The normalized spacial score (nSPS) is 11.1. The summed E-state index contributed by atoms with van der Waals surface area (Å²) in [5.41, 5.74) is -0.0946. The summed E-state index contributed by atoms with van der Waals surface area (Å²) < 4.78 is 7.96. The van der Waals surface area contributed by atoms with Crippen LogP contribution in [0.2, 0.25) is 0 Å². The van der Waals surface area contributed by atoms with E-state index in [0.29, 0.717) is 28.0 Å². The van der Waals surface area contributed by atoms with Crippen molar-refractivity contribution in [3.05, 3.63) is 74.0 Å². The van der Waals surface area contributed by atoms with Crippen LogP contribution >= 0.6 is 11.3 Å². The number of rotatable bonds is 4. The number of ether oxygens (including phenoxy) is 1. The second-order valence-electron chi connectivity index (χ2n) is 5.73. The first-order valence-corrected chi connectivity index (χ1v) is 9.09. The fourth-order valence-corrected chi connectivity index (χ4v) is 3.51. The standard InChI is InChI=1S/C18H14N4O4S/c1-2-22-16(24)13-6-4-3-5-12(13)15(20-22)17(25)26-10-11-9-14(23)21-7-8-27-18(21)19-11/h3-9H,2,10H2,1H3. The molecule has 0 fully saturated rings. The second-order valence-corrected chi connectivity index (χ2v) is 6.61. The molecule has 0 atom stereocenters. The van der Waals surface area contributed by atoms with Crippen molar-refractivity contribution in [2.24, 2.45) is 0 Å². The summed E-state index contributed by atoms with van der Waals surface area (Å²) in [7, 11) is 0. The van der Waals surface area contributed by atoms with Gasteiger partial charge in [-0.2, -0.15) is 5.10 Å². The Balaban J connectivity index is 1.67. The predicted molar refractivity (Wildman–Crippen MR) is 100 cm³/mol. The van der Waals surface area contributed by atoms with Crippen LogP contribution in [0.3, 0.4) is 0 Å². The van der Waals surface area contributed by atoms with Crippen LogP contribution in [0.5, 0.6) is 0 Å². The molecule has 1 aromatic carbocycles. The van der Waals surface area contributed by atoms with Crippen LogP contribution in [0.4, 0.5) is 0 Å². The molecule has 27 heavy (non-hydrogen) atoms. The highest BCUT2D eigenvalue weighted by Gasteiger charge is 2.18. The quantitative estimate of drug-likeness (QED) is 0.500. The Morgan fingerprint density at radius 2 is 2.00 bits per heavy atom. The number of aryl methyl sites for hydroxylation is 1. The summed E-state index contributed by atoms with van der Waals surface area (Å²) in [5, 5.41) is 6.72. The molecule has 0 saturated carbocycles. The number of hydrogen-bond acceptors (Lipinski definition) is 7. The minimum absolute atomic E-state index is 0.0565. The maximum absolute atomic E-state index is 12.6. The van der Waals surface area contributed by atoms with Crippen LogP contribution in [0.1, 0.15) is 23.1 Å². The minimum atomic E-state index is -0.679. The third kappa shape index (κ3) is 3.02. The molecule has 0 amide bonds. The summed E-state index contributed by atoms with van der Waals surface area (Å²) >= 11 is 1.32. The molecule has 0 spiro atoms. The Morgan fingerprint density at radius 3 is 2.78 bits per heavy atom. The Hall–Kier alpha value is -3.33. The Labute approximate surface area is 156 Å². The first kappa shape index (κ1) is 17.1. The average molecular weight is 382 g/mol. The van der Waals surface area contributed by atoms with Crippen molar-refractivity contribution in [3.63, 3.8) is 0 Å². The molecule has 0 aliphatic carbocycles. The summed E-state index contributed by atoms with van der Waals surface area (Å²) in [6.45, 7) is 1.94. The van der Waals surface area contributed by atoms with Crippen LogP contribution < -0.4 is 11.1 Å². The fraction of sp³-hybridized carbons (Fsp3) is 0.167. The summed E-state index contributed by atoms with van der Waals surface area (Å²) in [6, 6.07) is 8.08. The van der Waals surface area contributed by atoms with Crippen molar-refractivity contribution in [2.45, 2.75) is 20.1 Å². The molecule has 0 aliphatic heterocycles. The van der Waals surface area contributed by atoms with Gasteiger partial charge in [-0.1, -0.05) is 18.2 Å². The molecule has 4 rings (SSSR count). The monoisotopic (exact) mass is 382 g/mol. The van der Waals surface area contributed by atoms with Gasteiger partial charge in [-0.3, -0.25) is 14.0 Å². The van der Waals surface area contributed by atoms with E-state index in [9.17, 15) is 14.4 Å². The fourth-order valence-electron chi connectivity index (χ4n) is 2.77. The number of fused-ring (bicyclic) bond motifs is 2. The molecule has 0 N–H and O–H groups in total. The zero-order valence-electron chi connectivity index (χ0n) is 14.3. The van der Waals surface area contributed by atoms with E-state index in [0.717, 1.165) is 0 Å². The smallest absolute Gasteiger partial charge is 0.359 e. The predicted octanol–water partition coefficient (Wildman–Crippen LogP) is 1.84. The average Bonchev–Trinajstić information content (AvgIpc) is 3.16. The van der Waals surface area contributed by atoms with Crippen molar-refractivity contribution < 1.29 is 9.53 Å². The molecule has 0 bridgehead atoms. The first-order chi connectivity index (χ1) is 13.1. The molecule has 9 heteroatoms. The molecule has 4 aromatic rings. The Bertz CT molecular complexity index is 1290. The van der Waals surface area contributed by atoms with E-state index in [2.05, 4.69) is 10.1 Å². The highest BCUT2D eigenvalue weighted by molar-refractivity contribution is 7.15. The summed E-state index contributed by atoms with van der Waals surface area (Å²) in [5.74, 6) is -0.679. The number of esters is 1. The molecule has 136 valence electrons. The lowest BCUT2D eigenvalue weighted by molar-refractivity contribution is 0.0460. The molecule has 0 radical (unpaired) electrons. The van der Waals surface area contributed by atoms with Gasteiger partial charge in [0.05, 0.1) is 11.1 Å². The Morgan fingerprint density at radius 1 is 1.22 bits per heavy atom. The second kappa shape index (κ2) is 6.76. The summed E-state index contributed by atoms with van der Waals surface area (Å²) in [6.07, 6.45) is 1.63. The molecule has 0 saturated heterocycles. The van der Waals surface area contributed by atoms with Crippen LogP contribution in [0, 0.1) is 0 Å². The number of carbonyl (C=O) groups is 1. The van der Waals surface area contributed by atoms with E-state index in [1.54, 1.807) is 42.8 Å². The first-order valence-electron chi connectivity index (χ1n) is 8.21. The van der Waals surface area contributed by atoms with E-state index >= 15 is 0 Å². The third-order valence-corrected chi connectivity index (χ3v) is 4.82. The molecular formula is C18H14N4O4S. The van der Waals surface area contributed by atoms with Gasteiger partial charge in [0.2, 0.25) is 0 Å². The maximum Gasteiger partial charge on any atom is 0.359 e. The van der Waals surface area contributed by atoms with E-state index in [1.165, 1.54) is 26.5 Å². The largest absolute Gasteiger partial charge is 0.454 e. The zero-order chi connectivity index (χ0) is 19.0. The molecule has 3 heterocycles. The van der Waals surface area contributed by atoms with Gasteiger partial charge >= 0.3 is 5.97 Å². The summed E-state index contributed by atoms with van der Waals surface area (Å²) in [4.78, 5) is 41.8. The number of aromatic nitrogens is 4. The van der Waals surface area contributed by atoms with Gasteiger partial charge in [0.25, 0.3) is 11.1 Å². The Kier molecular flexibility index (Phi) is 4.28. The van der Waals surface area contributed by atoms with Crippen LogP contribution in [0.15, 0.2) is 51.5 Å². The highest BCUT2D eigenvalue weighted by Crippen LogP contribution is 2.15. The molecule has 3 aromatic heterocycles. The molecule has 0 aliphatic rings. The van der Waals surface area contributed by atoms with Gasteiger partial charge in [-0.25, -0.2) is 14.5 Å². The van der Waals surface area contributed by atoms with Gasteiger partial charge in [-0.05, 0) is 13.0 Å². The van der Waals surface area contributed by atoms with Crippen molar-refractivity contribution in [3.8, 4) is 0 Å². The lowest BCUT2D eigenvalue weighted by atomic mass is 10.1. The van der Waals surface area contributed by atoms with Crippen molar-refractivity contribution >= 4 is 33.0 Å². The van der Waals surface area contributed by atoms with E-state index in [4.69, 9.17) is 4.74 Å². The minimum Gasteiger partial charge on any atom is -0.454 e. The number of nitrogens with zero attached hydrogens (tertiary/aromatic N) is 4. The van der Waals surface area contributed by atoms with Gasteiger partial charge < -0.3 is 4.74 Å². The van der Waals surface area contributed by atoms with E-state index in [-0.39, 0.29) is 23.4 Å². The third-order valence-electron chi connectivity index (χ3n) is 4.07. The van der Waals surface area contributed by atoms with Gasteiger partial charge in [0.15, 0.2) is 10.7 Å². The number of benzene rings is 1. The van der Waals surface area contributed by atoms with Crippen LogP contribution in [-0.2, 0) is 17.9 Å². The SMILES string of the molecule is CCn1nc(C(=O)OCc2cc(=O)n3ccsc3n2)c2ccccc2c1=O. The zero-order valence-corrected chi connectivity index (χ0v) is 15.1. The molecule has 0 unspecified atom stereocenters. The topological polar surface area (TPSA) is 95.6 Å². The number of carbonyl (C=O) groups excluding carboxylic acids is 1. The lowest BCUT2D eigenvalue weighted by Crippen LogP contribution is -2.26. The number of hydrogen-bond donors (Lipinski definition) is 0. The van der Waals surface area contributed by atoms with Crippen molar-refractivity contribution in [1.29, 1.82) is 0 Å². The maximum atomic E-state index is 12.6. The van der Waals surface area contributed by atoms with Crippen LogP contribution in [0.25, 0.3) is 15.7 Å². The van der Waals surface area contributed by atoms with Crippen LogP contribution in [-0.4, -0.2) is 25.1 Å². The highest BCUT2D eigenvalue weighted by atomic mass is 32.1. The van der Waals surface area contributed by atoms with Gasteiger partial charge in [0, 0.05) is 29.6 Å². The van der Waals surface area contributed by atoms with E-state index < -0.39 is 5.97 Å². The molecular weight excluding hydrogens is 368 g/mol. The van der Waals surface area contributed by atoms with Gasteiger partial charge in [0.1, 0.15) is 6.61 Å².